The molecule has 92 valence electrons. The second kappa shape index (κ2) is 5.08. The van der Waals surface area contributed by atoms with Gasteiger partial charge in [0.2, 0.25) is 0 Å². The van der Waals surface area contributed by atoms with Crippen molar-refractivity contribution in [2.75, 3.05) is 0 Å². The molecule has 1 aromatic carbocycles. The maximum absolute atomic E-state index is 13.6. The first kappa shape index (κ1) is 12.4. The van der Waals surface area contributed by atoms with Crippen LogP contribution in [0, 0.1) is 5.82 Å². The Morgan fingerprint density at radius 2 is 1.88 bits per heavy atom. The molecule has 0 aromatic heterocycles. The highest BCUT2D eigenvalue weighted by atomic mass is 32.2. The SMILES string of the molecule is O=C(O)C1(Sc2ccccc2F)CCCCC1. The first-order valence-electron chi connectivity index (χ1n) is 5.81. The molecule has 0 heterocycles. The van der Waals surface area contributed by atoms with Crippen LogP contribution in [0.15, 0.2) is 29.2 Å². The van der Waals surface area contributed by atoms with Gasteiger partial charge in [-0.25, -0.2) is 4.39 Å². The topological polar surface area (TPSA) is 37.3 Å². The highest BCUT2D eigenvalue weighted by Crippen LogP contribution is 2.44. The molecule has 1 aliphatic rings. The summed E-state index contributed by atoms with van der Waals surface area (Å²) < 4.78 is 12.7. The number of rotatable bonds is 3. The van der Waals surface area contributed by atoms with E-state index in [0.717, 1.165) is 19.3 Å². The molecule has 0 aliphatic heterocycles. The molecule has 0 radical (unpaired) electrons. The molecule has 1 fully saturated rings. The standard InChI is InChI=1S/C13H15FO2S/c14-10-6-2-3-7-11(10)17-13(12(15)16)8-4-1-5-9-13/h2-3,6-7H,1,4-5,8-9H2,(H,15,16). The maximum atomic E-state index is 13.6. The number of aliphatic carboxylic acids is 1. The van der Waals surface area contributed by atoms with E-state index in [1.807, 2.05) is 0 Å². The molecular formula is C13H15FO2S. The van der Waals surface area contributed by atoms with Crippen LogP contribution >= 0.6 is 11.8 Å². The fourth-order valence-electron chi connectivity index (χ4n) is 2.22. The molecule has 0 bridgehead atoms. The lowest BCUT2D eigenvalue weighted by molar-refractivity contribution is -0.140. The third-order valence-electron chi connectivity index (χ3n) is 3.19. The summed E-state index contributed by atoms with van der Waals surface area (Å²) in [6.45, 7) is 0. The highest BCUT2D eigenvalue weighted by molar-refractivity contribution is 8.01. The van der Waals surface area contributed by atoms with E-state index in [4.69, 9.17) is 0 Å². The van der Waals surface area contributed by atoms with Crippen LogP contribution in [0.25, 0.3) is 0 Å². The Morgan fingerprint density at radius 1 is 1.24 bits per heavy atom. The van der Waals surface area contributed by atoms with Crippen LogP contribution in [0.5, 0.6) is 0 Å². The molecule has 2 rings (SSSR count). The molecule has 2 nitrogen and oxygen atoms in total. The summed E-state index contributed by atoms with van der Waals surface area (Å²) in [5, 5.41) is 9.40. The van der Waals surface area contributed by atoms with Crippen molar-refractivity contribution in [1.29, 1.82) is 0 Å². The summed E-state index contributed by atoms with van der Waals surface area (Å²) in [6.07, 6.45) is 4.15. The Hall–Kier alpha value is -1.03. The summed E-state index contributed by atoms with van der Waals surface area (Å²) in [5.41, 5.74) is 0. The van der Waals surface area contributed by atoms with Gasteiger partial charge >= 0.3 is 5.97 Å². The zero-order valence-electron chi connectivity index (χ0n) is 9.49. The summed E-state index contributed by atoms with van der Waals surface area (Å²) >= 11 is 1.17. The molecule has 0 atom stereocenters. The normalized spacial score (nSPS) is 18.9. The van der Waals surface area contributed by atoms with Crippen molar-refractivity contribution >= 4 is 17.7 Å². The van der Waals surface area contributed by atoms with Crippen LogP contribution in [0.3, 0.4) is 0 Å². The number of carbonyl (C=O) groups is 1. The zero-order valence-corrected chi connectivity index (χ0v) is 10.3. The number of halogens is 1. The minimum atomic E-state index is -0.833. The van der Waals surface area contributed by atoms with E-state index in [-0.39, 0.29) is 5.82 Å². The van der Waals surface area contributed by atoms with E-state index in [1.54, 1.807) is 18.2 Å². The number of thioether (sulfide) groups is 1. The van der Waals surface area contributed by atoms with Crippen LogP contribution in [0.2, 0.25) is 0 Å². The second-order valence-corrected chi connectivity index (χ2v) is 5.82. The van der Waals surface area contributed by atoms with Crippen molar-refractivity contribution in [3.8, 4) is 0 Å². The number of carboxylic acid groups (broad SMARTS) is 1. The van der Waals surface area contributed by atoms with Crippen LogP contribution in [-0.2, 0) is 4.79 Å². The molecule has 1 aromatic rings. The number of carboxylic acids is 1. The summed E-state index contributed by atoms with van der Waals surface area (Å²) in [6, 6.07) is 6.39. The van der Waals surface area contributed by atoms with E-state index < -0.39 is 10.7 Å². The van der Waals surface area contributed by atoms with Gasteiger partial charge in [-0.1, -0.05) is 31.4 Å². The summed E-state index contributed by atoms with van der Waals surface area (Å²) in [7, 11) is 0. The first-order valence-corrected chi connectivity index (χ1v) is 6.63. The van der Waals surface area contributed by atoms with E-state index in [0.29, 0.717) is 17.7 Å². The third kappa shape index (κ3) is 2.63. The lowest BCUT2D eigenvalue weighted by Gasteiger charge is -2.32. The monoisotopic (exact) mass is 254 g/mol. The number of benzene rings is 1. The van der Waals surface area contributed by atoms with Crippen LogP contribution in [-0.4, -0.2) is 15.8 Å². The van der Waals surface area contributed by atoms with Gasteiger partial charge in [-0.2, -0.15) is 0 Å². The van der Waals surface area contributed by atoms with E-state index in [2.05, 4.69) is 0 Å². The largest absolute Gasteiger partial charge is 0.480 e. The molecule has 17 heavy (non-hydrogen) atoms. The molecular weight excluding hydrogens is 239 g/mol. The van der Waals surface area contributed by atoms with E-state index in [9.17, 15) is 14.3 Å². The fourth-order valence-corrected chi connectivity index (χ4v) is 3.53. The fraction of sp³-hybridized carbons (Fsp3) is 0.462. The average Bonchev–Trinajstić information content (AvgIpc) is 2.33. The van der Waals surface area contributed by atoms with Crippen LogP contribution < -0.4 is 0 Å². The number of hydrogen-bond acceptors (Lipinski definition) is 2. The Balaban J connectivity index is 2.24. The quantitative estimate of drug-likeness (QED) is 0.893. The molecule has 0 saturated heterocycles. The van der Waals surface area contributed by atoms with Gasteiger partial charge in [-0.05, 0) is 25.0 Å². The van der Waals surface area contributed by atoms with Crippen molar-refractivity contribution in [2.45, 2.75) is 41.7 Å². The van der Waals surface area contributed by atoms with E-state index >= 15 is 0 Å². The Labute approximate surface area is 104 Å². The molecule has 0 unspecified atom stereocenters. The molecule has 0 amide bonds. The van der Waals surface area contributed by atoms with Gasteiger partial charge < -0.3 is 5.11 Å². The Morgan fingerprint density at radius 3 is 2.47 bits per heavy atom. The van der Waals surface area contributed by atoms with Crippen LogP contribution in [0.1, 0.15) is 32.1 Å². The van der Waals surface area contributed by atoms with Gasteiger partial charge in [0, 0.05) is 4.90 Å². The van der Waals surface area contributed by atoms with Gasteiger partial charge in [0.25, 0.3) is 0 Å². The summed E-state index contributed by atoms with van der Waals surface area (Å²) in [4.78, 5) is 11.9. The van der Waals surface area contributed by atoms with Crippen molar-refractivity contribution in [3.05, 3.63) is 30.1 Å². The molecule has 0 spiro atoms. The van der Waals surface area contributed by atoms with Gasteiger partial charge in [-0.15, -0.1) is 11.8 Å². The molecule has 1 aliphatic carbocycles. The first-order chi connectivity index (χ1) is 8.14. The van der Waals surface area contributed by atoms with Crippen LogP contribution in [0.4, 0.5) is 4.39 Å². The summed E-state index contributed by atoms with van der Waals surface area (Å²) in [5.74, 6) is -1.14. The minimum Gasteiger partial charge on any atom is -0.480 e. The Bertz CT molecular complexity index is 414. The third-order valence-corrected chi connectivity index (χ3v) is 4.72. The second-order valence-electron chi connectivity index (χ2n) is 4.39. The van der Waals surface area contributed by atoms with Crippen molar-refractivity contribution < 1.29 is 14.3 Å². The van der Waals surface area contributed by atoms with Crippen molar-refractivity contribution in [3.63, 3.8) is 0 Å². The van der Waals surface area contributed by atoms with Gasteiger partial charge in [0.05, 0.1) is 0 Å². The van der Waals surface area contributed by atoms with Crippen molar-refractivity contribution in [2.24, 2.45) is 0 Å². The average molecular weight is 254 g/mol. The highest BCUT2D eigenvalue weighted by Gasteiger charge is 2.41. The molecule has 1 saturated carbocycles. The predicted molar refractivity (Wildman–Crippen MR) is 65.7 cm³/mol. The Kier molecular flexibility index (Phi) is 3.72. The van der Waals surface area contributed by atoms with E-state index in [1.165, 1.54) is 17.8 Å². The predicted octanol–water partition coefficient (Wildman–Crippen LogP) is 3.71. The lowest BCUT2D eigenvalue weighted by atomic mass is 9.88. The zero-order chi connectivity index (χ0) is 12.3. The molecule has 4 heteroatoms. The van der Waals surface area contributed by atoms with Gasteiger partial charge in [0.15, 0.2) is 0 Å². The van der Waals surface area contributed by atoms with Gasteiger partial charge in [0.1, 0.15) is 10.6 Å². The number of hydrogen-bond donors (Lipinski definition) is 1. The minimum absolute atomic E-state index is 0.330. The smallest absolute Gasteiger partial charge is 0.320 e. The molecule has 1 N–H and O–H groups in total. The van der Waals surface area contributed by atoms with Crippen molar-refractivity contribution in [1.82, 2.24) is 0 Å². The maximum Gasteiger partial charge on any atom is 0.320 e. The lowest BCUT2D eigenvalue weighted by Crippen LogP contribution is -2.37. The van der Waals surface area contributed by atoms with Gasteiger partial charge in [-0.3, -0.25) is 4.79 Å².